The van der Waals surface area contributed by atoms with Gasteiger partial charge >= 0.3 is 27.6 Å². The first-order chi connectivity index (χ1) is 51.7. The van der Waals surface area contributed by atoms with Crippen molar-refractivity contribution in [2.24, 2.45) is 0 Å². The maximum Gasteiger partial charge on any atom is 0.472 e. The molecule has 107 heavy (non-hydrogen) atoms. The molecule has 0 radical (unpaired) electrons. The van der Waals surface area contributed by atoms with E-state index in [0.29, 0.717) is 51.4 Å². The van der Waals surface area contributed by atoms with E-state index >= 15 is 0 Å². The van der Waals surface area contributed by atoms with Crippen LogP contribution < -0.4 is 21.3 Å². The molecule has 0 aliphatic heterocycles. The topological polar surface area (TPSA) is 333 Å². The van der Waals surface area contributed by atoms with Gasteiger partial charge in [0.2, 0.25) is 23.6 Å². The minimum atomic E-state index is -4.82. The second kappa shape index (κ2) is 73.3. The third-order valence-electron chi connectivity index (χ3n) is 18.1. The monoisotopic (exact) mass is 1560 g/mol. The molecule has 0 rings (SSSR count). The first kappa shape index (κ1) is 103. The van der Waals surface area contributed by atoms with Gasteiger partial charge in [-0.1, -0.05) is 233 Å². The number of amides is 4. The summed E-state index contributed by atoms with van der Waals surface area (Å²) in [6, 6.07) is -2.00. The summed E-state index contributed by atoms with van der Waals surface area (Å²) < 4.78 is 70.6. The van der Waals surface area contributed by atoms with Gasteiger partial charge < -0.3 is 50.0 Å². The fraction of sp³-hybridized carbons (Fsp3) is 0.852. The summed E-state index contributed by atoms with van der Waals surface area (Å²) in [5, 5.41) is 10.2. The lowest BCUT2D eigenvalue weighted by atomic mass is 10.0. The van der Waals surface area contributed by atoms with Gasteiger partial charge in [-0.15, -0.1) is 0 Å². The normalized spacial score (nSPS) is 13.9. The van der Waals surface area contributed by atoms with E-state index in [1.54, 1.807) is 0 Å². The van der Waals surface area contributed by atoms with Crippen LogP contribution in [0.15, 0.2) is 24.3 Å². The minimum Gasteiger partial charge on any atom is -0.462 e. The van der Waals surface area contributed by atoms with Crippen molar-refractivity contribution in [3.63, 3.8) is 0 Å². The molecule has 0 aromatic rings. The third kappa shape index (κ3) is 70.6. The molecule has 6 atom stereocenters. The fourth-order valence-corrected chi connectivity index (χ4v) is 13.3. The largest absolute Gasteiger partial charge is 0.472 e. The summed E-state index contributed by atoms with van der Waals surface area (Å²) in [6.45, 7) is 9.98. The lowest BCUT2D eigenvalue weighted by Gasteiger charge is -2.22. The molecule has 0 bridgehead atoms. The van der Waals surface area contributed by atoms with Crippen LogP contribution in [0.25, 0.3) is 0 Å². The number of ether oxygens (including phenoxy) is 4. The number of rotatable bonds is 80. The van der Waals surface area contributed by atoms with Gasteiger partial charge in [0.05, 0.1) is 77.8 Å². The van der Waals surface area contributed by atoms with Gasteiger partial charge in [0, 0.05) is 51.6 Å². The molecular formula is C81H150N4O20P2. The average Bonchev–Trinajstić information content (AvgIpc) is 0.919. The highest BCUT2D eigenvalue weighted by Gasteiger charge is 2.28. The number of hydrogen-bond donors (Lipinski definition) is 6. The number of esters is 2. The first-order valence-corrected chi connectivity index (χ1v) is 44.9. The highest BCUT2D eigenvalue weighted by Crippen LogP contribution is 2.44. The van der Waals surface area contributed by atoms with Gasteiger partial charge in [0.25, 0.3) is 0 Å². The van der Waals surface area contributed by atoms with E-state index in [4.69, 9.17) is 37.0 Å². The molecule has 26 heteroatoms. The van der Waals surface area contributed by atoms with Crippen molar-refractivity contribution in [1.29, 1.82) is 0 Å². The van der Waals surface area contributed by atoms with Crippen molar-refractivity contribution in [1.82, 2.24) is 21.3 Å². The molecule has 0 saturated carbocycles. The maximum absolute atomic E-state index is 13.2. The van der Waals surface area contributed by atoms with Gasteiger partial charge in [-0.2, -0.15) is 0 Å². The number of ketones is 2. The van der Waals surface area contributed by atoms with E-state index in [1.807, 2.05) is 0 Å². The molecule has 0 fully saturated rings. The predicted molar refractivity (Wildman–Crippen MR) is 423 cm³/mol. The molecule has 0 aromatic heterocycles. The lowest BCUT2D eigenvalue weighted by Crippen LogP contribution is -2.42. The van der Waals surface area contributed by atoms with Crippen LogP contribution >= 0.6 is 15.6 Å². The Morgan fingerprint density at radius 1 is 0.327 bits per heavy atom. The van der Waals surface area contributed by atoms with Gasteiger partial charge in [0.1, 0.15) is 30.2 Å². The summed E-state index contributed by atoms with van der Waals surface area (Å²) in [5.74, 6) is -3.85. The molecule has 0 aromatic carbocycles. The molecule has 0 aliphatic carbocycles. The van der Waals surface area contributed by atoms with E-state index in [2.05, 4.69) is 87.1 Å². The number of allylic oxidation sites excluding steroid dienone is 4. The molecule has 0 aliphatic rings. The molecule has 6 N–H and O–H groups in total. The molecular weight excluding hydrogens is 1410 g/mol. The fourth-order valence-electron chi connectivity index (χ4n) is 11.8. The second-order valence-corrected chi connectivity index (χ2v) is 31.5. The summed E-state index contributed by atoms with van der Waals surface area (Å²) >= 11 is 0. The summed E-state index contributed by atoms with van der Waals surface area (Å²) in [6.07, 6.45) is 48.9. The Balaban J connectivity index is 5.54. The third-order valence-corrected chi connectivity index (χ3v) is 20.0. The molecule has 0 heterocycles. The number of carbonyl (C=O) groups is 8. The molecule has 4 amide bonds. The Morgan fingerprint density at radius 2 is 0.636 bits per heavy atom. The molecule has 6 unspecified atom stereocenters. The predicted octanol–water partition coefficient (Wildman–Crippen LogP) is 17.8. The van der Waals surface area contributed by atoms with E-state index in [1.165, 1.54) is 89.9 Å². The van der Waals surface area contributed by atoms with E-state index in [0.717, 1.165) is 128 Å². The Kier molecular flexibility index (Phi) is 70.4. The van der Waals surface area contributed by atoms with Crippen LogP contribution in [0, 0.1) is 0 Å². The van der Waals surface area contributed by atoms with Crippen LogP contribution in [0.1, 0.15) is 356 Å². The van der Waals surface area contributed by atoms with Crippen molar-refractivity contribution in [3.05, 3.63) is 24.3 Å². The van der Waals surface area contributed by atoms with Gasteiger partial charge in [-0.05, 0) is 89.9 Å². The number of nitrogens with one attached hydrogen (secondary N) is 4. The van der Waals surface area contributed by atoms with Crippen molar-refractivity contribution in [2.45, 2.75) is 380 Å². The Bertz CT molecular complexity index is 2260. The first-order valence-electron chi connectivity index (χ1n) is 41.9. The molecule has 24 nitrogen and oxygen atoms in total. The van der Waals surface area contributed by atoms with Crippen molar-refractivity contribution in [2.75, 3.05) is 65.9 Å². The summed E-state index contributed by atoms with van der Waals surface area (Å²) in [4.78, 5) is 125. The van der Waals surface area contributed by atoms with Crippen molar-refractivity contribution in [3.8, 4) is 0 Å². The van der Waals surface area contributed by atoms with Crippen LogP contribution in [0.3, 0.4) is 0 Å². The van der Waals surface area contributed by atoms with Crippen LogP contribution in [0.4, 0.5) is 0 Å². The standard InChI is InChI=1S/C81H150N4O20P2/c1-7-13-19-23-27-31-35-39-45-49-72(86)63-78(90)84-70(66-98-59-55-74(51-43-17-11-5)104-80(92)53-47-41-37-33-29-25-21-15-9-3)68-102-106(94,95)100-61-57-82-76(88)65-77(89)83-58-62-101-107(96,97)103-69-71(85-79(91)64-73(87)50-46-40-36-32-28-24-20-14-8-2)67-99-60-56-75(52-44-18-12-6)105-81(93)54-48-42-38-34-30-26-22-16-10-4/h33-34,37-38,70-71,74-75H,7-32,35-36,39-69H2,1-6H3,(H,82,88)(H,83,89)(H,84,90)(H,85,91)(H,94,95)(H,96,97). The highest BCUT2D eigenvalue weighted by molar-refractivity contribution is 7.47. The summed E-state index contributed by atoms with van der Waals surface area (Å²) in [5.41, 5.74) is 0. The molecule has 0 saturated heterocycles. The summed E-state index contributed by atoms with van der Waals surface area (Å²) in [7, 11) is -9.64. The smallest absolute Gasteiger partial charge is 0.462 e. The number of phosphoric acid groups is 2. The van der Waals surface area contributed by atoms with Crippen LogP contribution in [-0.2, 0) is 84.5 Å². The SMILES string of the molecule is CCCCCCC=CCCCC(=O)OC(CCCCC)CCOCC(COP(=O)(O)OCCNC(=O)CC(=O)NCCOP(=O)(O)OCC(COCCC(CCCCC)OC(=O)CCCC=CCCCCCC)NC(=O)CC(=O)CCCCCCCCCCC)NC(=O)CC(=O)CCCCCCCCCCC. The molecule has 0 spiro atoms. The van der Waals surface area contributed by atoms with Crippen molar-refractivity contribution < 1.29 is 94.3 Å². The Labute approximate surface area is 646 Å². The van der Waals surface area contributed by atoms with E-state index in [-0.39, 0.29) is 88.7 Å². The lowest BCUT2D eigenvalue weighted by molar-refractivity contribution is -0.151. The van der Waals surface area contributed by atoms with Crippen LogP contribution in [0.5, 0.6) is 0 Å². The van der Waals surface area contributed by atoms with Gasteiger partial charge in [0.15, 0.2) is 0 Å². The van der Waals surface area contributed by atoms with Crippen LogP contribution in [0.2, 0.25) is 0 Å². The van der Waals surface area contributed by atoms with E-state index < -0.39 is 109 Å². The number of hydrogen-bond acceptors (Lipinski definition) is 18. The number of carbonyl (C=O) groups excluding carboxylic acids is 8. The van der Waals surface area contributed by atoms with Gasteiger partial charge in [-0.25, -0.2) is 9.13 Å². The van der Waals surface area contributed by atoms with Gasteiger partial charge in [-0.3, -0.25) is 56.5 Å². The highest BCUT2D eigenvalue weighted by atomic mass is 31.2. The Hall–Kier alpha value is -4.22. The number of phosphoric ester groups is 2. The zero-order valence-corrected chi connectivity index (χ0v) is 69.3. The number of unbranched alkanes of at least 4 members (excludes halogenated alkanes) is 30. The van der Waals surface area contributed by atoms with Crippen molar-refractivity contribution >= 4 is 62.8 Å². The zero-order valence-electron chi connectivity index (χ0n) is 67.5. The average molecular weight is 1560 g/mol. The minimum absolute atomic E-state index is 0.127. The number of Topliss-reactive ketones (excluding diaryl/α,β-unsaturated/α-hetero) is 2. The van der Waals surface area contributed by atoms with Crippen LogP contribution in [-0.4, -0.2) is 147 Å². The second-order valence-electron chi connectivity index (χ2n) is 28.6. The molecule has 624 valence electrons. The maximum atomic E-state index is 13.2. The zero-order chi connectivity index (χ0) is 79.0. The quantitative estimate of drug-likeness (QED) is 0.0108. The van der Waals surface area contributed by atoms with E-state index in [9.17, 15) is 57.3 Å². The Morgan fingerprint density at radius 3 is 0.981 bits per heavy atom.